The Kier molecular flexibility index (Phi) is 4.76. The lowest BCUT2D eigenvalue weighted by molar-refractivity contribution is -0.00746. The zero-order valence-electron chi connectivity index (χ0n) is 13.6. The summed E-state index contributed by atoms with van der Waals surface area (Å²) >= 11 is 0. The number of amides is 1. The summed E-state index contributed by atoms with van der Waals surface area (Å²) in [5, 5.41) is 0. The van der Waals surface area contributed by atoms with Crippen molar-refractivity contribution in [3.63, 3.8) is 0 Å². The standard InChI is InChI=1S/C18H22N2O3/c1-13(2)9-16-11-22-8-7-20(16)18(21)15-5-3-14(4-6-15)17-10-19-12-23-17/h3-6,10,12-13,16H,7-9,11H2,1-2H3/t16-/m1/s1. The summed E-state index contributed by atoms with van der Waals surface area (Å²) in [6.07, 6.45) is 4.03. The third-order valence-corrected chi connectivity index (χ3v) is 4.08. The Morgan fingerprint density at radius 1 is 1.35 bits per heavy atom. The van der Waals surface area contributed by atoms with Gasteiger partial charge in [0.2, 0.25) is 0 Å². The zero-order chi connectivity index (χ0) is 16.2. The Balaban J connectivity index is 1.76. The van der Waals surface area contributed by atoms with Gasteiger partial charge in [-0.1, -0.05) is 26.0 Å². The van der Waals surface area contributed by atoms with E-state index in [0.29, 0.717) is 37.0 Å². The van der Waals surface area contributed by atoms with E-state index in [1.54, 1.807) is 6.20 Å². The van der Waals surface area contributed by atoms with E-state index in [1.807, 2.05) is 29.2 Å². The quantitative estimate of drug-likeness (QED) is 0.869. The molecule has 5 nitrogen and oxygen atoms in total. The molecule has 0 aliphatic carbocycles. The fraction of sp³-hybridized carbons (Fsp3) is 0.444. The molecule has 1 saturated heterocycles. The number of rotatable bonds is 4. The lowest BCUT2D eigenvalue weighted by atomic mass is 10.0. The van der Waals surface area contributed by atoms with Gasteiger partial charge >= 0.3 is 0 Å². The summed E-state index contributed by atoms with van der Waals surface area (Å²) < 4.78 is 10.8. The third kappa shape index (κ3) is 3.62. The van der Waals surface area contributed by atoms with Gasteiger partial charge in [-0.2, -0.15) is 0 Å². The third-order valence-electron chi connectivity index (χ3n) is 4.08. The topological polar surface area (TPSA) is 55.6 Å². The number of carbonyl (C=O) groups is 1. The van der Waals surface area contributed by atoms with Crippen LogP contribution in [0.3, 0.4) is 0 Å². The minimum atomic E-state index is 0.0723. The van der Waals surface area contributed by atoms with E-state index >= 15 is 0 Å². The highest BCUT2D eigenvalue weighted by molar-refractivity contribution is 5.95. The number of benzene rings is 1. The van der Waals surface area contributed by atoms with Gasteiger partial charge in [0.1, 0.15) is 0 Å². The minimum Gasteiger partial charge on any atom is -0.444 e. The van der Waals surface area contributed by atoms with Crippen LogP contribution < -0.4 is 0 Å². The second kappa shape index (κ2) is 6.96. The number of morpholine rings is 1. The number of hydrogen-bond acceptors (Lipinski definition) is 4. The Labute approximate surface area is 136 Å². The first kappa shape index (κ1) is 15.7. The van der Waals surface area contributed by atoms with Crippen LogP contribution in [0.4, 0.5) is 0 Å². The summed E-state index contributed by atoms with van der Waals surface area (Å²) in [6, 6.07) is 7.65. The first-order valence-electron chi connectivity index (χ1n) is 8.03. The van der Waals surface area contributed by atoms with Crippen molar-refractivity contribution in [1.82, 2.24) is 9.88 Å². The van der Waals surface area contributed by atoms with Crippen LogP contribution in [0.15, 0.2) is 41.3 Å². The molecule has 0 N–H and O–H groups in total. The normalized spacial score (nSPS) is 18.4. The van der Waals surface area contributed by atoms with Gasteiger partial charge in [-0.15, -0.1) is 0 Å². The van der Waals surface area contributed by atoms with Crippen molar-refractivity contribution in [1.29, 1.82) is 0 Å². The number of hydrogen-bond donors (Lipinski definition) is 0. The molecule has 1 aromatic carbocycles. The van der Waals surface area contributed by atoms with Gasteiger partial charge < -0.3 is 14.1 Å². The average Bonchev–Trinajstić information content (AvgIpc) is 3.09. The Hall–Kier alpha value is -2.14. The highest BCUT2D eigenvalue weighted by Gasteiger charge is 2.28. The molecule has 0 unspecified atom stereocenters. The van der Waals surface area contributed by atoms with Crippen LogP contribution >= 0.6 is 0 Å². The zero-order valence-corrected chi connectivity index (χ0v) is 13.6. The van der Waals surface area contributed by atoms with Gasteiger partial charge in [-0.3, -0.25) is 4.79 Å². The molecule has 1 aliphatic rings. The number of oxazole rings is 1. The first-order valence-corrected chi connectivity index (χ1v) is 8.03. The van der Waals surface area contributed by atoms with Crippen LogP contribution in [0, 0.1) is 5.92 Å². The lowest BCUT2D eigenvalue weighted by Crippen LogP contribution is -2.49. The second-order valence-corrected chi connectivity index (χ2v) is 6.30. The summed E-state index contributed by atoms with van der Waals surface area (Å²) in [5.41, 5.74) is 1.61. The van der Waals surface area contributed by atoms with E-state index in [1.165, 1.54) is 6.39 Å². The summed E-state index contributed by atoms with van der Waals surface area (Å²) in [6.45, 7) is 6.23. The van der Waals surface area contributed by atoms with Crippen molar-refractivity contribution in [2.75, 3.05) is 19.8 Å². The van der Waals surface area contributed by atoms with Crippen molar-refractivity contribution < 1.29 is 13.9 Å². The average molecular weight is 314 g/mol. The van der Waals surface area contributed by atoms with Crippen molar-refractivity contribution in [2.45, 2.75) is 26.3 Å². The highest BCUT2D eigenvalue weighted by Crippen LogP contribution is 2.22. The van der Waals surface area contributed by atoms with Crippen molar-refractivity contribution in [3.05, 3.63) is 42.4 Å². The van der Waals surface area contributed by atoms with Crippen molar-refractivity contribution >= 4 is 5.91 Å². The van der Waals surface area contributed by atoms with Crippen LogP contribution in [0.5, 0.6) is 0 Å². The molecular weight excluding hydrogens is 292 g/mol. The van der Waals surface area contributed by atoms with Crippen LogP contribution in [0.2, 0.25) is 0 Å². The molecule has 1 aliphatic heterocycles. The Bertz CT molecular complexity index is 635. The Morgan fingerprint density at radius 2 is 2.13 bits per heavy atom. The molecule has 1 amide bonds. The molecule has 1 aromatic heterocycles. The summed E-state index contributed by atoms with van der Waals surface area (Å²) in [4.78, 5) is 18.7. The number of aromatic nitrogens is 1. The number of carbonyl (C=O) groups excluding carboxylic acids is 1. The molecule has 0 spiro atoms. The maximum Gasteiger partial charge on any atom is 0.254 e. The predicted molar refractivity (Wildman–Crippen MR) is 87.0 cm³/mol. The summed E-state index contributed by atoms with van der Waals surface area (Å²) in [7, 11) is 0. The smallest absolute Gasteiger partial charge is 0.254 e. The monoisotopic (exact) mass is 314 g/mol. The predicted octanol–water partition coefficient (Wildman–Crippen LogP) is 3.23. The molecule has 0 radical (unpaired) electrons. The molecule has 23 heavy (non-hydrogen) atoms. The molecule has 122 valence electrons. The lowest BCUT2D eigenvalue weighted by Gasteiger charge is -2.36. The van der Waals surface area contributed by atoms with Gasteiger partial charge in [-0.25, -0.2) is 4.98 Å². The van der Waals surface area contributed by atoms with Crippen LogP contribution in [-0.4, -0.2) is 41.6 Å². The fourth-order valence-electron chi connectivity index (χ4n) is 2.96. The van der Waals surface area contributed by atoms with Crippen molar-refractivity contribution in [3.8, 4) is 11.3 Å². The largest absolute Gasteiger partial charge is 0.444 e. The van der Waals surface area contributed by atoms with E-state index in [4.69, 9.17) is 9.15 Å². The summed E-state index contributed by atoms with van der Waals surface area (Å²) in [5.74, 6) is 1.31. The molecule has 2 heterocycles. The molecule has 0 saturated carbocycles. The van der Waals surface area contributed by atoms with Crippen molar-refractivity contribution in [2.24, 2.45) is 5.92 Å². The van der Waals surface area contributed by atoms with E-state index in [9.17, 15) is 4.79 Å². The molecule has 1 atom stereocenters. The Morgan fingerprint density at radius 3 is 2.78 bits per heavy atom. The van der Waals surface area contributed by atoms with E-state index in [-0.39, 0.29) is 11.9 Å². The van der Waals surface area contributed by atoms with Gasteiger partial charge in [0.05, 0.1) is 25.5 Å². The SMILES string of the molecule is CC(C)C[C@@H]1COCCN1C(=O)c1ccc(-c2cnco2)cc1. The molecule has 5 heteroatoms. The molecule has 2 aromatic rings. The molecule has 0 bridgehead atoms. The van der Waals surface area contributed by atoms with Crippen LogP contribution in [0.25, 0.3) is 11.3 Å². The fourth-order valence-corrected chi connectivity index (χ4v) is 2.96. The molecule has 3 rings (SSSR count). The maximum atomic E-state index is 12.8. The van der Waals surface area contributed by atoms with E-state index in [2.05, 4.69) is 18.8 Å². The molecular formula is C18H22N2O3. The van der Waals surface area contributed by atoms with Gasteiger partial charge in [0.25, 0.3) is 5.91 Å². The molecule has 1 fully saturated rings. The highest BCUT2D eigenvalue weighted by atomic mass is 16.5. The number of nitrogens with zero attached hydrogens (tertiary/aromatic N) is 2. The van der Waals surface area contributed by atoms with Gasteiger partial charge in [-0.05, 0) is 24.5 Å². The van der Waals surface area contributed by atoms with E-state index in [0.717, 1.165) is 12.0 Å². The second-order valence-electron chi connectivity index (χ2n) is 6.30. The van der Waals surface area contributed by atoms with Gasteiger partial charge in [0, 0.05) is 17.7 Å². The first-order chi connectivity index (χ1) is 11.1. The van der Waals surface area contributed by atoms with Gasteiger partial charge in [0.15, 0.2) is 12.2 Å². The van der Waals surface area contributed by atoms with Crippen LogP contribution in [0.1, 0.15) is 30.6 Å². The minimum absolute atomic E-state index is 0.0723. The maximum absolute atomic E-state index is 12.8. The van der Waals surface area contributed by atoms with E-state index < -0.39 is 0 Å². The van der Waals surface area contributed by atoms with Crippen LogP contribution in [-0.2, 0) is 4.74 Å². The number of ether oxygens (including phenoxy) is 1.